The Labute approximate surface area is 95.2 Å². The first-order valence-corrected chi connectivity index (χ1v) is 5.76. The van der Waals surface area contributed by atoms with Crippen LogP contribution in [0, 0.1) is 0 Å². The summed E-state index contributed by atoms with van der Waals surface area (Å²) in [6, 6.07) is 4.08. The Balaban J connectivity index is 2.13. The number of guanidine groups is 1. The zero-order valence-corrected chi connectivity index (χ0v) is 9.45. The third-order valence-electron chi connectivity index (χ3n) is 3.21. The molecule has 0 aliphatic carbocycles. The number of anilines is 1. The molecule has 16 heavy (non-hydrogen) atoms. The monoisotopic (exact) mass is 216 g/mol. The quantitative estimate of drug-likeness (QED) is 0.694. The lowest BCUT2D eigenvalue weighted by Gasteiger charge is -2.25. The van der Waals surface area contributed by atoms with E-state index in [1.807, 2.05) is 12.1 Å². The maximum absolute atomic E-state index is 5.91. The van der Waals surface area contributed by atoms with E-state index in [4.69, 9.17) is 10.7 Å². The molecule has 0 spiro atoms. The van der Waals surface area contributed by atoms with Gasteiger partial charge in [-0.3, -0.25) is 0 Å². The molecule has 0 unspecified atom stereocenters. The Morgan fingerprint density at radius 1 is 1.50 bits per heavy atom. The van der Waals surface area contributed by atoms with Crippen LogP contribution in [0.25, 0.3) is 0 Å². The van der Waals surface area contributed by atoms with Gasteiger partial charge in [0.05, 0.1) is 5.69 Å². The summed E-state index contributed by atoms with van der Waals surface area (Å²) >= 11 is 0. The van der Waals surface area contributed by atoms with E-state index in [9.17, 15) is 0 Å². The average Bonchev–Trinajstić information content (AvgIpc) is 2.72. The molecule has 1 aromatic carbocycles. The highest BCUT2D eigenvalue weighted by molar-refractivity contribution is 5.87. The zero-order chi connectivity index (χ0) is 11.1. The molecule has 2 aliphatic rings. The van der Waals surface area contributed by atoms with E-state index in [1.54, 1.807) is 0 Å². The van der Waals surface area contributed by atoms with E-state index >= 15 is 0 Å². The first-order chi connectivity index (χ1) is 7.78. The van der Waals surface area contributed by atoms with Gasteiger partial charge in [-0.05, 0) is 29.7 Å². The molecule has 2 heterocycles. The van der Waals surface area contributed by atoms with Crippen molar-refractivity contribution < 1.29 is 0 Å². The molecule has 1 aromatic rings. The van der Waals surface area contributed by atoms with Crippen molar-refractivity contribution in [2.45, 2.75) is 19.9 Å². The topological polar surface area (TPSA) is 53.6 Å². The Morgan fingerprint density at radius 3 is 3.19 bits per heavy atom. The van der Waals surface area contributed by atoms with Gasteiger partial charge in [0.2, 0.25) is 0 Å². The van der Waals surface area contributed by atoms with Gasteiger partial charge in [-0.2, -0.15) is 0 Å². The molecule has 1 fully saturated rings. The van der Waals surface area contributed by atoms with E-state index in [1.165, 1.54) is 11.1 Å². The van der Waals surface area contributed by atoms with E-state index < -0.39 is 0 Å². The Hall–Kier alpha value is -1.71. The second-order valence-corrected chi connectivity index (χ2v) is 4.33. The maximum Gasteiger partial charge on any atom is 0.199 e. The van der Waals surface area contributed by atoms with E-state index in [-0.39, 0.29) is 0 Å². The Bertz CT molecular complexity index is 464. The highest BCUT2D eigenvalue weighted by Gasteiger charge is 2.25. The predicted molar refractivity (Wildman–Crippen MR) is 65.7 cm³/mol. The average molecular weight is 216 g/mol. The molecule has 84 valence electrons. The molecule has 0 saturated carbocycles. The summed E-state index contributed by atoms with van der Waals surface area (Å²) in [6.45, 7) is 5.10. The fourth-order valence-corrected chi connectivity index (χ4v) is 2.42. The lowest BCUT2D eigenvalue weighted by atomic mass is 10.0. The van der Waals surface area contributed by atoms with Crippen LogP contribution in [0.3, 0.4) is 0 Å². The summed E-state index contributed by atoms with van der Waals surface area (Å²) in [7, 11) is 0. The molecule has 3 N–H and O–H groups in total. The van der Waals surface area contributed by atoms with Gasteiger partial charge in [0.15, 0.2) is 5.96 Å². The summed E-state index contributed by atoms with van der Waals surface area (Å²) in [4.78, 5) is 6.96. The third-order valence-corrected chi connectivity index (χ3v) is 3.21. The van der Waals surface area contributed by atoms with Crippen LogP contribution in [0.5, 0.6) is 0 Å². The van der Waals surface area contributed by atoms with Crippen LogP contribution in [-0.2, 0) is 13.0 Å². The highest BCUT2D eigenvalue weighted by Crippen LogP contribution is 2.32. The van der Waals surface area contributed by atoms with Crippen molar-refractivity contribution in [3.8, 4) is 0 Å². The van der Waals surface area contributed by atoms with Gasteiger partial charge in [-0.25, -0.2) is 4.99 Å². The molecule has 0 amide bonds. The summed E-state index contributed by atoms with van der Waals surface area (Å²) in [5, 5.41) is 3.31. The van der Waals surface area contributed by atoms with Gasteiger partial charge in [0.25, 0.3) is 0 Å². The lowest BCUT2D eigenvalue weighted by molar-refractivity contribution is 0.451. The minimum Gasteiger partial charge on any atom is -0.399 e. The van der Waals surface area contributed by atoms with Gasteiger partial charge < -0.3 is 16.0 Å². The number of nitrogens with two attached hydrogens (primary N) is 1. The van der Waals surface area contributed by atoms with Gasteiger partial charge in [-0.1, -0.05) is 6.92 Å². The van der Waals surface area contributed by atoms with Gasteiger partial charge in [0, 0.05) is 25.3 Å². The molecular weight excluding hydrogens is 200 g/mol. The molecule has 0 radical (unpaired) electrons. The molecule has 4 heteroatoms. The number of nitrogen functional groups attached to an aromatic ring is 1. The van der Waals surface area contributed by atoms with Crippen LogP contribution in [0.2, 0.25) is 0 Å². The molecule has 0 atom stereocenters. The van der Waals surface area contributed by atoms with Gasteiger partial charge in [-0.15, -0.1) is 0 Å². The number of hydrogen-bond donors (Lipinski definition) is 2. The molecule has 0 bridgehead atoms. The molecular formula is C12H16N4. The SMILES string of the molecule is CCc1cc(N)cc2c1N=C1NCCN1C2. The van der Waals surface area contributed by atoms with Gasteiger partial charge in [0.1, 0.15) is 0 Å². The standard InChI is InChI=1S/C12H16N4/c1-2-8-5-10(13)6-9-7-16-4-3-14-12(16)15-11(8)9/h5-6H,2-4,7,13H2,1H3,(H,14,15). The van der Waals surface area contributed by atoms with Crippen molar-refractivity contribution in [2.24, 2.45) is 4.99 Å². The fraction of sp³-hybridized carbons (Fsp3) is 0.417. The molecule has 4 nitrogen and oxygen atoms in total. The smallest absolute Gasteiger partial charge is 0.199 e. The first kappa shape index (κ1) is 9.51. The van der Waals surface area contributed by atoms with Gasteiger partial charge >= 0.3 is 0 Å². The van der Waals surface area contributed by atoms with E-state index in [0.717, 1.165) is 43.4 Å². The summed E-state index contributed by atoms with van der Waals surface area (Å²) in [5.41, 5.74) is 10.4. The number of benzene rings is 1. The zero-order valence-electron chi connectivity index (χ0n) is 9.45. The van der Waals surface area contributed by atoms with Crippen molar-refractivity contribution in [3.05, 3.63) is 23.3 Å². The van der Waals surface area contributed by atoms with Crippen LogP contribution in [0.1, 0.15) is 18.1 Å². The minimum absolute atomic E-state index is 0.849. The minimum atomic E-state index is 0.849. The summed E-state index contributed by atoms with van der Waals surface area (Å²) in [5.74, 6) is 1.02. The number of nitrogens with zero attached hydrogens (tertiary/aromatic N) is 2. The molecule has 1 saturated heterocycles. The van der Waals surface area contributed by atoms with Crippen LogP contribution >= 0.6 is 0 Å². The molecule has 0 aromatic heterocycles. The van der Waals surface area contributed by atoms with E-state index in [0.29, 0.717) is 0 Å². The summed E-state index contributed by atoms with van der Waals surface area (Å²) in [6.07, 6.45) is 0.976. The first-order valence-electron chi connectivity index (χ1n) is 5.76. The Morgan fingerprint density at radius 2 is 2.38 bits per heavy atom. The van der Waals surface area contributed by atoms with Crippen molar-refractivity contribution in [3.63, 3.8) is 0 Å². The second kappa shape index (κ2) is 3.40. The normalized spacial score (nSPS) is 17.6. The van der Waals surface area contributed by atoms with E-state index in [2.05, 4.69) is 17.1 Å². The maximum atomic E-state index is 5.91. The number of rotatable bonds is 1. The molecule has 3 rings (SSSR count). The van der Waals surface area contributed by atoms with Crippen LogP contribution in [0.15, 0.2) is 17.1 Å². The number of nitrogens with one attached hydrogen (secondary N) is 1. The predicted octanol–water partition coefficient (Wildman–Crippen LogP) is 1.24. The number of aliphatic imine (C=N–C) groups is 1. The Kier molecular flexibility index (Phi) is 2.02. The van der Waals surface area contributed by atoms with Crippen molar-refractivity contribution in [1.82, 2.24) is 10.2 Å². The van der Waals surface area contributed by atoms with Crippen LogP contribution in [-0.4, -0.2) is 23.9 Å². The number of aryl methyl sites for hydroxylation is 1. The van der Waals surface area contributed by atoms with Crippen molar-refractivity contribution in [2.75, 3.05) is 18.8 Å². The largest absolute Gasteiger partial charge is 0.399 e. The van der Waals surface area contributed by atoms with Crippen LogP contribution < -0.4 is 11.1 Å². The highest BCUT2D eigenvalue weighted by atomic mass is 15.4. The van der Waals surface area contributed by atoms with Crippen molar-refractivity contribution in [1.29, 1.82) is 0 Å². The van der Waals surface area contributed by atoms with Crippen molar-refractivity contribution >= 4 is 17.3 Å². The fourth-order valence-electron chi connectivity index (χ4n) is 2.42. The molecule has 2 aliphatic heterocycles. The number of fused-ring (bicyclic) bond motifs is 2. The number of hydrogen-bond acceptors (Lipinski definition) is 4. The second-order valence-electron chi connectivity index (χ2n) is 4.33. The van der Waals surface area contributed by atoms with Crippen LogP contribution in [0.4, 0.5) is 11.4 Å². The summed E-state index contributed by atoms with van der Waals surface area (Å²) < 4.78 is 0. The lowest BCUT2D eigenvalue weighted by Crippen LogP contribution is -2.32. The third kappa shape index (κ3) is 1.33.